The molecule has 0 aliphatic carbocycles. The van der Waals surface area contributed by atoms with Crippen LogP contribution < -0.4 is 5.73 Å². The second-order valence-electron chi connectivity index (χ2n) is 3.47. The van der Waals surface area contributed by atoms with Gasteiger partial charge in [0.05, 0.1) is 17.4 Å². The van der Waals surface area contributed by atoms with Crippen molar-refractivity contribution in [3.05, 3.63) is 40.0 Å². The third kappa shape index (κ3) is 1.74. The van der Waals surface area contributed by atoms with Gasteiger partial charge in [0.1, 0.15) is 5.82 Å². The van der Waals surface area contributed by atoms with E-state index in [0.717, 1.165) is 15.7 Å². The number of benzene rings is 1. The zero-order chi connectivity index (χ0) is 11.7. The number of nitrogens with zero attached hydrogens (tertiary/aromatic N) is 2. The maximum Gasteiger partial charge on any atom is 0.136 e. The van der Waals surface area contributed by atoms with Gasteiger partial charge >= 0.3 is 0 Å². The van der Waals surface area contributed by atoms with Crippen LogP contribution in [0.2, 0.25) is 0 Å². The highest BCUT2D eigenvalue weighted by Crippen LogP contribution is 2.22. The second-order valence-corrected chi connectivity index (χ2v) is 4.39. The molecule has 0 aliphatic heterocycles. The number of hydrogen-bond acceptors (Lipinski definition) is 3. The van der Waals surface area contributed by atoms with Gasteiger partial charge in [-0.05, 0) is 24.6 Å². The standard InChI is InChI=1S/C11H11BrN4/c1-7-2-3-9(12)4-10(7)16-11(14)8(5-13)6-15-16/h2-6,13H,14H2,1H3. The van der Waals surface area contributed by atoms with Crippen LogP contribution in [0.5, 0.6) is 0 Å². The van der Waals surface area contributed by atoms with Gasteiger partial charge in [-0.2, -0.15) is 5.10 Å². The highest BCUT2D eigenvalue weighted by molar-refractivity contribution is 9.10. The van der Waals surface area contributed by atoms with Crippen molar-refractivity contribution >= 4 is 28.0 Å². The number of rotatable bonds is 2. The molecule has 1 heterocycles. The third-order valence-electron chi connectivity index (χ3n) is 2.39. The van der Waals surface area contributed by atoms with Crippen LogP contribution >= 0.6 is 15.9 Å². The van der Waals surface area contributed by atoms with Crippen LogP contribution in [-0.2, 0) is 0 Å². The van der Waals surface area contributed by atoms with Crippen molar-refractivity contribution in [3.8, 4) is 5.69 Å². The van der Waals surface area contributed by atoms with E-state index in [1.54, 1.807) is 10.9 Å². The summed E-state index contributed by atoms with van der Waals surface area (Å²) >= 11 is 3.42. The molecule has 3 N–H and O–H groups in total. The lowest BCUT2D eigenvalue weighted by Gasteiger charge is -2.08. The predicted molar refractivity (Wildman–Crippen MR) is 68.3 cm³/mol. The van der Waals surface area contributed by atoms with Crippen LogP contribution in [-0.4, -0.2) is 16.0 Å². The summed E-state index contributed by atoms with van der Waals surface area (Å²) in [6, 6.07) is 5.91. The van der Waals surface area contributed by atoms with Crippen LogP contribution in [0.25, 0.3) is 5.69 Å². The van der Waals surface area contributed by atoms with Crippen molar-refractivity contribution in [2.24, 2.45) is 0 Å². The molecule has 5 heteroatoms. The first-order valence-corrected chi connectivity index (χ1v) is 5.53. The van der Waals surface area contributed by atoms with E-state index in [4.69, 9.17) is 11.1 Å². The summed E-state index contributed by atoms with van der Waals surface area (Å²) in [7, 11) is 0. The summed E-state index contributed by atoms with van der Waals surface area (Å²) in [5.41, 5.74) is 8.52. The average molecular weight is 279 g/mol. The smallest absolute Gasteiger partial charge is 0.136 e. The highest BCUT2D eigenvalue weighted by Gasteiger charge is 2.09. The molecule has 2 aromatic rings. The molecule has 0 saturated carbocycles. The molecule has 0 atom stereocenters. The minimum atomic E-state index is 0.483. The summed E-state index contributed by atoms with van der Waals surface area (Å²) in [5, 5.41) is 11.4. The Hall–Kier alpha value is -1.62. The van der Waals surface area contributed by atoms with Gasteiger partial charge in [-0.25, -0.2) is 4.68 Å². The van der Waals surface area contributed by atoms with E-state index in [1.807, 2.05) is 25.1 Å². The summed E-state index contributed by atoms with van der Waals surface area (Å²) in [6.07, 6.45) is 2.79. The van der Waals surface area contributed by atoms with Crippen molar-refractivity contribution in [3.63, 3.8) is 0 Å². The molecule has 1 aromatic heterocycles. The topological polar surface area (TPSA) is 67.7 Å². The summed E-state index contributed by atoms with van der Waals surface area (Å²) < 4.78 is 2.61. The van der Waals surface area contributed by atoms with Gasteiger partial charge in [0, 0.05) is 10.7 Å². The Morgan fingerprint density at radius 3 is 2.88 bits per heavy atom. The molecule has 2 rings (SSSR count). The lowest BCUT2D eigenvalue weighted by molar-refractivity contribution is 0.882. The van der Waals surface area contributed by atoms with E-state index >= 15 is 0 Å². The molecule has 0 unspecified atom stereocenters. The van der Waals surface area contributed by atoms with Gasteiger partial charge in [-0.15, -0.1) is 0 Å². The molecule has 0 amide bonds. The Morgan fingerprint density at radius 2 is 2.25 bits per heavy atom. The largest absolute Gasteiger partial charge is 0.383 e. The van der Waals surface area contributed by atoms with Gasteiger partial charge in [0.2, 0.25) is 0 Å². The molecule has 0 aliphatic rings. The van der Waals surface area contributed by atoms with Crippen molar-refractivity contribution in [2.75, 3.05) is 5.73 Å². The Kier molecular flexibility index (Phi) is 2.78. The third-order valence-corrected chi connectivity index (χ3v) is 2.88. The number of aryl methyl sites for hydroxylation is 1. The molecular weight excluding hydrogens is 268 g/mol. The van der Waals surface area contributed by atoms with E-state index in [9.17, 15) is 0 Å². The lowest BCUT2D eigenvalue weighted by atomic mass is 10.2. The van der Waals surface area contributed by atoms with Crippen molar-refractivity contribution in [1.82, 2.24) is 9.78 Å². The first-order chi connectivity index (χ1) is 7.63. The van der Waals surface area contributed by atoms with Gasteiger partial charge in [-0.1, -0.05) is 22.0 Å². The summed E-state index contributed by atoms with van der Waals surface area (Å²) in [6.45, 7) is 1.99. The average Bonchev–Trinajstić information content (AvgIpc) is 2.63. The SMILES string of the molecule is Cc1ccc(Br)cc1-n1ncc(C=N)c1N. The fraction of sp³-hybridized carbons (Fsp3) is 0.0909. The molecule has 1 aromatic carbocycles. The number of nitrogens with two attached hydrogens (primary N) is 1. The first-order valence-electron chi connectivity index (χ1n) is 4.74. The highest BCUT2D eigenvalue weighted by atomic mass is 79.9. The summed E-state index contributed by atoms with van der Waals surface area (Å²) in [4.78, 5) is 0. The molecule has 82 valence electrons. The number of halogens is 1. The van der Waals surface area contributed by atoms with Crippen LogP contribution in [0.3, 0.4) is 0 Å². The number of anilines is 1. The van der Waals surface area contributed by atoms with Crippen LogP contribution in [0.15, 0.2) is 28.9 Å². The molecule has 0 bridgehead atoms. The van der Waals surface area contributed by atoms with Crippen molar-refractivity contribution in [2.45, 2.75) is 6.92 Å². The second kappa shape index (κ2) is 4.09. The van der Waals surface area contributed by atoms with Gasteiger partial charge in [0.25, 0.3) is 0 Å². The predicted octanol–water partition coefficient (Wildman–Crippen LogP) is 2.52. The van der Waals surface area contributed by atoms with E-state index in [1.165, 1.54) is 6.21 Å². The maximum absolute atomic E-state index is 7.19. The fourth-order valence-corrected chi connectivity index (χ4v) is 1.83. The van der Waals surface area contributed by atoms with Gasteiger partial charge in [0.15, 0.2) is 0 Å². The quantitative estimate of drug-likeness (QED) is 0.829. The van der Waals surface area contributed by atoms with Gasteiger partial charge in [-0.3, -0.25) is 0 Å². The van der Waals surface area contributed by atoms with Crippen LogP contribution in [0, 0.1) is 12.3 Å². The van der Waals surface area contributed by atoms with Crippen molar-refractivity contribution < 1.29 is 0 Å². The molecule has 4 nitrogen and oxygen atoms in total. The van der Waals surface area contributed by atoms with Crippen LogP contribution in [0.4, 0.5) is 5.82 Å². The number of hydrogen-bond donors (Lipinski definition) is 2. The summed E-state index contributed by atoms with van der Waals surface area (Å²) in [5.74, 6) is 0.483. The molecular formula is C11H11BrN4. The number of aromatic nitrogens is 2. The maximum atomic E-state index is 7.19. The van der Waals surface area contributed by atoms with E-state index in [0.29, 0.717) is 11.4 Å². The molecule has 0 spiro atoms. The zero-order valence-corrected chi connectivity index (χ0v) is 10.3. The Morgan fingerprint density at radius 1 is 1.50 bits per heavy atom. The molecule has 0 saturated heterocycles. The fourth-order valence-electron chi connectivity index (χ4n) is 1.48. The minimum absolute atomic E-state index is 0.483. The first kappa shape index (κ1) is 10.9. The van der Waals surface area contributed by atoms with Crippen molar-refractivity contribution in [1.29, 1.82) is 5.41 Å². The zero-order valence-electron chi connectivity index (χ0n) is 8.74. The van der Waals surface area contributed by atoms with Gasteiger partial charge < -0.3 is 11.1 Å². The minimum Gasteiger partial charge on any atom is -0.383 e. The molecule has 0 fully saturated rings. The Labute approximate surface area is 102 Å². The Balaban J connectivity index is 2.62. The normalized spacial score (nSPS) is 10.4. The molecule has 0 radical (unpaired) electrons. The lowest BCUT2D eigenvalue weighted by Crippen LogP contribution is -2.04. The van der Waals surface area contributed by atoms with E-state index < -0.39 is 0 Å². The monoisotopic (exact) mass is 278 g/mol. The van der Waals surface area contributed by atoms with E-state index in [2.05, 4.69) is 21.0 Å². The van der Waals surface area contributed by atoms with E-state index in [-0.39, 0.29) is 0 Å². The number of nitrogens with one attached hydrogen (secondary N) is 1. The molecule has 16 heavy (non-hydrogen) atoms. The number of nitrogen functional groups attached to an aromatic ring is 1. The Bertz CT molecular complexity index is 545. The van der Waals surface area contributed by atoms with Crippen LogP contribution in [0.1, 0.15) is 11.1 Å².